The maximum Gasteiger partial charge on any atom is 0.256 e. The molecular formula is C20H18F2N2O2. The number of aromatic amines is 1. The van der Waals surface area contributed by atoms with Crippen molar-refractivity contribution in [2.24, 2.45) is 0 Å². The van der Waals surface area contributed by atoms with Crippen molar-refractivity contribution in [3.8, 4) is 0 Å². The van der Waals surface area contributed by atoms with E-state index < -0.39 is 17.2 Å². The second kappa shape index (κ2) is 6.63. The van der Waals surface area contributed by atoms with Gasteiger partial charge in [0.25, 0.3) is 5.56 Å². The van der Waals surface area contributed by atoms with Crippen molar-refractivity contribution < 1.29 is 13.5 Å². The molecule has 4 rings (SSSR count). The third kappa shape index (κ3) is 2.91. The van der Waals surface area contributed by atoms with Crippen LogP contribution in [-0.2, 0) is 11.3 Å². The third-order valence-electron chi connectivity index (χ3n) is 4.81. The van der Waals surface area contributed by atoms with Crippen molar-refractivity contribution in [2.45, 2.75) is 25.6 Å². The van der Waals surface area contributed by atoms with Crippen LogP contribution in [-0.4, -0.2) is 11.6 Å². The van der Waals surface area contributed by atoms with Gasteiger partial charge in [-0.3, -0.25) is 4.79 Å². The van der Waals surface area contributed by atoms with E-state index in [4.69, 9.17) is 4.74 Å². The predicted molar refractivity (Wildman–Crippen MR) is 94.9 cm³/mol. The fourth-order valence-corrected chi connectivity index (χ4v) is 3.54. The Morgan fingerprint density at radius 1 is 1.15 bits per heavy atom. The first kappa shape index (κ1) is 16.9. The van der Waals surface area contributed by atoms with Crippen molar-refractivity contribution in [2.75, 3.05) is 6.61 Å². The Bertz CT molecular complexity index is 1020. The molecule has 4 nitrogen and oxygen atoms in total. The van der Waals surface area contributed by atoms with Gasteiger partial charge in [0, 0.05) is 17.3 Å². The summed E-state index contributed by atoms with van der Waals surface area (Å²) >= 11 is 0. The van der Waals surface area contributed by atoms with Crippen LogP contribution in [0.4, 0.5) is 8.78 Å². The molecule has 0 aliphatic carbocycles. The van der Waals surface area contributed by atoms with E-state index in [2.05, 4.69) is 10.3 Å². The van der Waals surface area contributed by atoms with Crippen LogP contribution in [0.2, 0.25) is 0 Å². The molecule has 26 heavy (non-hydrogen) atoms. The number of nitrogens with one attached hydrogen (secondary N) is 2. The SMILES string of the molecule is C[C@@H](N[C@@H]1COCc2[nH]c(=O)c3cc(F)c(F)cc3c21)c1ccccc1. The molecule has 0 saturated heterocycles. The Hall–Kier alpha value is -2.57. The third-order valence-corrected chi connectivity index (χ3v) is 4.81. The van der Waals surface area contributed by atoms with Crippen molar-refractivity contribution >= 4 is 10.8 Å². The van der Waals surface area contributed by atoms with Gasteiger partial charge in [-0.25, -0.2) is 8.78 Å². The van der Waals surface area contributed by atoms with Crippen molar-refractivity contribution in [1.82, 2.24) is 10.3 Å². The van der Waals surface area contributed by atoms with Gasteiger partial charge in [-0.15, -0.1) is 0 Å². The molecule has 0 fully saturated rings. The lowest BCUT2D eigenvalue weighted by Gasteiger charge is -2.30. The van der Waals surface area contributed by atoms with Crippen LogP contribution in [0.25, 0.3) is 10.8 Å². The van der Waals surface area contributed by atoms with Gasteiger partial charge in [0.1, 0.15) is 0 Å². The normalized spacial score (nSPS) is 17.9. The number of ether oxygens (including phenoxy) is 1. The smallest absolute Gasteiger partial charge is 0.256 e. The Morgan fingerprint density at radius 3 is 2.58 bits per heavy atom. The largest absolute Gasteiger partial charge is 0.373 e. The van der Waals surface area contributed by atoms with Crippen molar-refractivity contribution in [3.63, 3.8) is 0 Å². The van der Waals surface area contributed by atoms with Gasteiger partial charge in [0.15, 0.2) is 11.6 Å². The van der Waals surface area contributed by atoms with E-state index in [1.165, 1.54) is 0 Å². The van der Waals surface area contributed by atoms with E-state index in [0.29, 0.717) is 17.7 Å². The maximum atomic E-state index is 13.9. The van der Waals surface area contributed by atoms with E-state index in [9.17, 15) is 13.6 Å². The predicted octanol–water partition coefficient (Wildman–Crippen LogP) is 3.73. The lowest BCUT2D eigenvalue weighted by atomic mass is 9.95. The van der Waals surface area contributed by atoms with E-state index in [-0.39, 0.29) is 24.1 Å². The van der Waals surface area contributed by atoms with Crippen LogP contribution in [0.15, 0.2) is 47.3 Å². The standard InChI is InChI=1S/C20H18F2N2O2/c1-11(12-5-3-2-4-6-12)23-17-9-26-10-18-19(17)13-7-15(21)16(22)8-14(13)20(25)24-18/h2-8,11,17,23H,9-10H2,1H3,(H,24,25)/t11-,17-/m1/s1. The number of rotatable bonds is 3. The second-order valence-electron chi connectivity index (χ2n) is 6.53. The summed E-state index contributed by atoms with van der Waals surface area (Å²) in [7, 11) is 0. The Kier molecular flexibility index (Phi) is 4.30. The fourth-order valence-electron chi connectivity index (χ4n) is 3.54. The average molecular weight is 356 g/mol. The molecule has 1 aliphatic heterocycles. The van der Waals surface area contributed by atoms with Crippen molar-refractivity contribution in [1.29, 1.82) is 0 Å². The molecule has 2 N–H and O–H groups in total. The zero-order valence-corrected chi connectivity index (χ0v) is 14.2. The first-order chi connectivity index (χ1) is 12.5. The van der Waals surface area contributed by atoms with Crippen LogP contribution >= 0.6 is 0 Å². The number of hydrogen-bond donors (Lipinski definition) is 2. The highest BCUT2D eigenvalue weighted by Gasteiger charge is 2.27. The molecule has 0 bridgehead atoms. The summed E-state index contributed by atoms with van der Waals surface area (Å²) < 4.78 is 33.1. The van der Waals surface area contributed by atoms with Crippen LogP contribution in [0.3, 0.4) is 0 Å². The monoisotopic (exact) mass is 356 g/mol. The minimum absolute atomic E-state index is 0.0167. The Morgan fingerprint density at radius 2 is 1.85 bits per heavy atom. The van der Waals surface area contributed by atoms with Crippen molar-refractivity contribution in [3.05, 3.63) is 81.3 Å². The molecule has 0 amide bonds. The van der Waals surface area contributed by atoms with Crippen LogP contribution in [0, 0.1) is 11.6 Å². The molecule has 2 atom stereocenters. The highest BCUT2D eigenvalue weighted by Crippen LogP contribution is 2.32. The summed E-state index contributed by atoms with van der Waals surface area (Å²) in [6.07, 6.45) is 0. The van der Waals surface area contributed by atoms with Gasteiger partial charge in [0.2, 0.25) is 0 Å². The first-order valence-electron chi connectivity index (χ1n) is 8.47. The molecule has 2 heterocycles. The van der Waals surface area contributed by atoms with Gasteiger partial charge >= 0.3 is 0 Å². The fraction of sp³-hybridized carbons (Fsp3) is 0.250. The summed E-state index contributed by atoms with van der Waals surface area (Å²) in [5, 5.41) is 4.04. The Labute approximate surface area is 148 Å². The quantitative estimate of drug-likeness (QED) is 0.752. The zero-order valence-electron chi connectivity index (χ0n) is 14.2. The lowest BCUT2D eigenvalue weighted by Crippen LogP contribution is -2.33. The highest BCUT2D eigenvalue weighted by molar-refractivity contribution is 5.86. The number of benzene rings is 2. The second-order valence-corrected chi connectivity index (χ2v) is 6.53. The van der Waals surface area contributed by atoms with E-state index in [0.717, 1.165) is 23.3 Å². The number of hydrogen-bond acceptors (Lipinski definition) is 3. The van der Waals surface area contributed by atoms with Gasteiger partial charge in [-0.05, 0) is 30.0 Å². The van der Waals surface area contributed by atoms with Crippen LogP contribution in [0.1, 0.15) is 35.8 Å². The molecule has 2 aromatic carbocycles. The minimum Gasteiger partial charge on any atom is -0.373 e. The summed E-state index contributed by atoms with van der Waals surface area (Å²) in [5.74, 6) is -2.00. The molecule has 1 aliphatic rings. The number of aromatic nitrogens is 1. The minimum atomic E-state index is -1.03. The molecule has 1 aromatic heterocycles. The summed E-state index contributed by atoms with van der Waals surface area (Å²) in [6, 6.07) is 11.7. The van der Waals surface area contributed by atoms with Gasteiger partial charge in [0.05, 0.1) is 24.6 Å². The van der Waals surface area contributed by atoms with Crippen LogP contribution < -0.4 is 10.9 Å². The molecule has 0 saturated carbocycles. The topological polar surface area (TPSA) is 54.1 Å². The molecule has 3 aromatic rings. The van der Waals surface area contributed by atoms with Gasteiger partial charge in [-0.1, -0.05) is 30.3 Å². The van der Waals surface area contributed by atoms with E-state index in [1.54, 1.807) is 0 Å². The number of fused-ring (bicyclic) bond motifs is 3. The molecule has 0 spiro atoms. The maximum absolute atomic E-state index is 13.9. The van der Waals surface area contributed by atoms with Gasteiger partial charge < -0.3 is 15.0 Å². The van der Waals surface area contributed by atoms with Gasteiger partial charge in [-0.2, -0.15) is 0 Å². The molecular weight excluding hydrogens is 338 g/mol. The number of pyridine rings is 1. The van der Waals surface area contributed by atoms with E-state index in [1.807, 2.05) is 37.3 Å². The molecule has 0 radical (unpaired) electrons. The number of H-pyrrole nitrogens is 1. The zero-order chi connectivity index (χ0) is 18.3. The number of halogens is 2. The lowest BCUT2D eigenvalue weighted by molar-refractivity contribution is 0.0766. The highest BCUT2D eigenvalue weighted by atomic mass is 19.2. The van der Waals surface area contributed by atoms with E-state index >= 15 is 0 Å². The first-order valence-corrected chi connectivity index (χ1v) is 8.47. The Balaban J connectivity index is 1.81. The average Bonchev–Trinajstić information content (AvgIpc) is 2.64. The summed E-state index contributed by atoms with van der Waals surface area (Å²) in [5.41, 5.74) is 2.01. The molecule has 0 unspecified atom stereocenters. The van der Waals surface area contributed by atoms with Crippen LogP contribution in [0.5, 0.6) is 0 Å². The molecule has 134 valence electrons. The summed E-state index contributed by atoms with van der Waals surface area (Å²) in [6.45, 7) is 2.64. The summed E-state index contributed by atoms with van der Waals surface area (Å²) in [4.78, 5) is 15.0. The molecule has 6 heteroatoms.